The summed E-state index contributed by atoms with van der Waals surface area (Å²) in [6, 6.07) is 4.54. The zero-order valence-corrected chi connectivity index (χ0v) is 33.9. The van der Waals surface area contributed by atoms with Gasteiger partial charge in [0.15, 0.2) is 0 Å². The number of rotatable bonds is 17. The Hall–Kier alpha value is -4.18. The van der Waals surface area contributed by atoms with Crippen LogP contribution in [0.3, 0.4) is 0 Å². The molecule has 300 valence electrons. The van der Waals surface area contributed by atoms with Gasteiger partial charge in [0, 0.05) is 32.5 Å². The molecule has 5 atom stereocenters. The normalized spacial score (nSPS) is 20.9. The molecule has 2 aromatic rings. The topological polar surface area (TPSA) is 195 Å². The van der Waals surface area contributed by atoms with E-state index in [-0.39, 0.29) is 36.8 Å². The molecule has 1 saturated heterocycles. The number of hydrogen-bond donors (Lipinski definition) is 3. The molecule has 1 aliphatic carbocycles. The first-order valence-corrected chi connectivity index (χ1v) is 20.3. The Morgan fingerprint density at radius 3 is 2.39 bits per heavy atom. The van der Waals surface area contributed by atoms with E-state index < -0.39 is 57.8 Å². The van der Waals surface area contributed by atoms with Crippen LogP contribution in [0.15, 0.2) is 30.4 Å². The van der Waals surface area contributed by atoms with Crippen molar-refractivity contribution in [2.45, 2.75) is 129 Å². The van der Waals surface area contributed by atoms with Gasteiger partial charge in [0.25, 0.3) is 6.01 Å². The van der Waals surface area contributed by atoms with Gasteiger partial charge >= 0.3 is 16.3 Å². The lowest BCUT2D eigenvalue weighted by Gasteiger charge is -2.28. The van der Waals surface area contributed by atoms with E-state index in [9.17, 15) is 27.6 Å². The van der Waals surface area contributed by atoms with Gasteiger partial charge in [0.2, 0.25) is 17.7 Å². The van der Waals surface area contributed by atoms with Crippen molar-refractivity contribution in [1.82, 2.24) is 28.8 Å². The highest BCUT2D eigenvalue weighted by molar-refractivity contribution is 7.87. The molecule has 5 unspecified atom stereocenters. The van der Waals surface area contributed by atoms with Gasteiger partial charge < -0.3 is 25.4 Å². The summed E-state index contributed by atoms with van der Waals surface area (Å²) in [5, 5.41) is 2.74. The second-order valence-corrected chi connectivity index (χ2v) is 18.0. The molecule has 2 heterocycles. The highest BCUT2D eigenvalue weighted by Crippen LogP contribution is 2.40. The Kier molecular flexibility index (Phi) is 13.8. The molecule has 1 aliphatic heterocycles. The molecule has 0 bridgehead atoms. The highest BCUT2D eigenvalue weighted by atomic mass is 32.2. The number of alkyl carbamates (subject to hydrolysis) is 1. The number of likely N-dealkylation sites (tertiary alicyclic amines) is 1. The Morgan fingerprint density at radius 1 is 1.07 bits per heavy atom. The first-order chi connectivity index (χ1) is 25.2. The molecule has 2 aliphatic rings. The van der Waals surface area contributed by atoms with Crippen LogP contribution in [0.5, 0.6) is 6.01 Å². The number of imidazole rings is 1. The maximum Gasteiger partial charge on any atom is 0.408 e. The number of aromatic nitrogens is 2. The summed E-state index contributed by atoms with van der Waals surface area (Å²) in [5.74, 6) is -1.71. The third-order valence-corrected chi connectivity index (χ3v) is 11.0. The van der Waals surface area contributed by atoms with E-state index in [0.29, 0.717) is 25.3 Å². The van der Waals surface area contributed by atoms with Crippen molar-refractivity contribution in [2.75, 3.05) is 20.6 Å². The molecule has 4 N–H and O–H groups in total. The van der Waals surface area contributed by atoms with Crippen LogP contribution >= 0.6 is 0 Å². The molecule has 0 spiro atoms. The summed E-state index contributed by atoms with van der Waals surface area (Å²) in [4.78, 5) is 58.3. The number of carbonyl (C=O) groups is 4. The summed E-state index contributed by atoms with van der Waals surface area (Å²) in [5.41, 5.74) is 7.99. The van der Waals surface area contributed by atoms with Crippen LogP contribution in [0.2, 0.25) is 0 Å². The average Bonchev–Trinajstić information content (AvgIpc) is 3.55. The fraction of sp³-hybridized carbons (Fsp3) is 0.658. The van der Waals surface area contributed by atoms with Gasteiger partial charge in [0.1, 0.15) is 23.8 Å². The lowest BCUT2D eigenvalue weighted by Crippen LogP contribution is -2.53. The van der Waals surface area contributed by atoms with Crippen LogP contribution in [0.25, 0.3) is 11.0 Å². The fourth-order valence-electron chi connectivity index (χ4n) is 6.72. The van der Waals surface area contributed by atoms with Gasteiger partial charge in [-0.05, 0) is 83.8 Å². The molecule has 4 rings (SSSR count). The fourth-order valence-corrected chi connectivity index (χ4v) is 7.30. The number of allylic oxidation sites excluding steroid dienone is 2. The van der Waals surface area contributed by atoms with E-state index >= 15 is 0 Å². The van der Waals surface area contributed by atoms with Gasteiger partial charge in [-0.2, -0.15) is 17.7 Å². The second-order valence-electron chi connectivity index (χ2n) is 16.1. The predicted molar refractivity (Wildman–Crippen MR) is 206 cm³/mol. The first kappa shape index (κ1) is 42.6. The van der Waals surface area contributed by atoms with E-state index in [4.69, 9.17) is 20.2 Å². The van der Waals surface area contributed by atoms with E-state index in [1.807, 2.05) is 24.3 Å². The van der Waals surface area contributed by atoms with Crippen LogP contribution in [0.1, 0.15) is 111 Å². The first-order valence-electron chi connectivity index (χ1n) is 18.9. The summed E-state index contributed by atoms with van der Waals surface area (Å²) in [6.07, 6.45) is 6.58. The van der Waals surface area contributed by atoms with Gasteiger partial charge in [-0.1, -0.05) is 51.0 Å². The summed E-state index contributed by atoms with van der Waals surface area (Å²) in [7, 11) is -1.10. The molecular formula is C38H59N7O8S. The number of nitrogens with two attached hydrogens (primary N) is 1. The van der Waals surface area contributed by atoms with Gasteiger partial charge in [-0.3, -0.25) is 19.0 Å². The van der Waals surface area contributed by atoms with Crippen molar-refractivity contribution in [3.05, 3.63) is 35.9 Å². The van der Waals surface area contributed by atoms with Crippen molar-refractivity contribution < 1.29 is 37.1 Å². The maximum atomic E-state index is 14.1. The van der Waals surface area contributed by atoms with Crippen LogP contribution in [0.4, 0.5) is 4.79 Å². The molecule has 15 nitrogen and oxygen atoms in total. The van der Waals surface area contributed by atoms with E-state index in [2.05, 4.69) is 48.4 Å². The van der Waals surface area contributed by atoms with Crippen LogP contribution in [0, 0.1) is 11.8 Å². The van der Waals surface area contributed by atoms with E-state index in [1.54, 1.807) is 20.8 Å². The Balaban J connectivity index is 1.39. The third-order valence-electron chi connectivity index (χ3n) is 9.62. The highest BCUT2D eigenvalue weighted by Gasteiger charge is 2.44. The summed E-state index contributed by atoms with van der Waals surface area (Å²) in [6.45, 7) is 13.7. The van der Waals surface area contributed by atoms with Crippen LogP contribution in [-0.2, 0) is 29.3 Å². The Morgan fingerprint density at radius 2 is 1.78 bits per heavy atom. The number of para-hydroxylation sites is 1. The Bertz CT molecular complexity index is 1810. The number of benzene rings is 1. The molecule has 54 heavy (non-hydrogen) atoms. The average molecular weight is 774 g/mol. The third kappa shape index (κ3) is 11.0. The monoisotopic (exact) mass is 773 g/mol. The molecular weight excluding hydrogens is 715 g/mol. The Labute approximate surface area is 319 Å². The second kappa shape index (κ2) is 17.5. The van der Waals surface area contributed by atoms with Crippen molar-refractivity contribution in [1.29, 1.82) is 0 Å². The van der Waals surface area contributed by atoms with Gasteiger partial charge in [-0.15, -0.1) is 0 Å². The molecule has 1 aromatic carbocycles. The minimum absolute atomic E-state index is 0.00381. The number of ether oxygens (including phenoxy) is 2. The molecule has 16 heteroatoms. The lowest BCUT2D eigenvalue weighted by atomic mass is 10.0. The SMILES string of the molecule is CC(C)c1cccc2nc(OC3CC(C(N)=O)N(C(=O)C(CCCCCC=CC4CC4C(=O)NS(=O)(=O)N(C)C)NC(=O)OC(C)(C)C)C3)n(C(C)C)c12. The van der Waals surface area contributed by atoms with E-state index in [0.717, 1.165) is 40.2 Å². The lowest BCUT2D eigenvalue weighted by molar-refractivity contribution is -0.139. The standard InChI is InChI=1S/C38H59N7O8S/c1-23(2)27-17-15-19-29-32(27)45(24(3)4)36(40-29)52-26-21-31(33(39)46)44(22-26)35(48)30(41-37(49)53-38(5,6)7)18-14-12-10-11-13-16-25-20-28(25)34(47)42-54(50,51)43(8)9/h13,15-17,19,23-26,28,30-31H,10-12,14,18,20-22H2,1-9H3,(H2,39,46)(H,41,49)(H,42,47). The zero-order chi connectivity index (χ0) is 40.1. The number of nitrogens with zero attached hydrogens (tertiary/aromatic N) is 4. The number of nitrogens with one attached hydrogen (secondary N) is 2. The molecule has 0 radical (unpaired) electrons. The minimum Gasteiger partial charge on any atom is -0.459 e. The van der Waals surface area contributed by atoms with Crippen molar-refractivity contribution >= 4 is 45.1 Å². The summed E-state index contributed by atoms with van der Waals surface area (Å²) >= 11 is 0. The van der Waals surface area contributed by atoms with Gasteiger partial charge in [-0.25, -0.2) is 9.52 Å². The minimum atomic E-state index is -3.82. The molecule has 4 amide bonds. The van der Waals surface area contributed by atoms with Crippen LogP contribution in [-0.4, -0.2) is 95.4 Å². The predicted octanol–water partition coefficient (Wildman–Crippen LogP) is 4.53. The van der Waals surface area contributed by atoms with Crippen molar-refractivity contribution in [3.8, 4) is 6.01 Å². The zero-order valence-electron chi connectivity index (χ0n) is 33.1. The van der Waals surface area contributed by atoms with Gasteiger partial charge in [0.05, 0.1) is 17.6 Å². The number of unbranched alkanes of at least 4 members (excludes halogenated alkanes) is 3. The number of hydrogen-bond acceptors (Lipinski definition) is 9. The quantitative estimate of drug-likeness (QED) is 0.153. The van der Waals surface area contributed by atoms with E-state index in [1.165, 1.54) is 19.0 Å². The number of fused-ring (bicyclic) bond motifs is 1. The number of carbonyl (C=O) groups excluding carboxylic acids is 4. The molecule has 1 aromatic heterocycles. The van der Waals surface area contributed by atoms with Crippen LogP contribution < -0.4 is 20.5 Å². The largest absolute Gasteiger partial charge is 0.459 e. The number of amides is 4. The molecule has 2 fully saturated rings. The van der Waals surface area contributed by atoms with Crippen molar-refractivity contribution in [3.63, 3.8) is 0 Å². The maximum absolute atomic E-state index is 14.1. The number of primary amides is 1. The molecule has 1 saturated carbocycles. The van der Waals surface area contributed by atoms with Crippen molar-refractivity contribution in [2.24, 2.45) is 17.6 Å². The summed E-state index contributed by atoms with van der Waals surface area (Å²) < 4.78 is 40.9. The smallest absolute Gasteiger partial charge is 0.408 e.